The fourth-order valence-electron chi connectivity index (χ4n) is 2.23. The molecule has 10 heteroatoms. The zero-order valence-corrected chi connectivity index (χ0v) is 16.0. The van der Waals surface area contributed by atoms with Crippen LogP contribution in [0.1, 0.15) is 17.3 Å². The number of carbonyl (C=O) groups excluding carboxylic acids is 2. The molecule has 28 heavy (non-hydrogen) atoms. The van der Waals surface area contributed by atoms with Crippen LogP contribution < -0.4 is 14.8 Å². The Hall–Kier alpha value is -3.33. The number of benzene rings is 2. The number of esters is 1. The Morgan fingerprint density at radius 3 is 2.32 bits per heavy atom. The summed E-state index contributed by atoms with van der Waals surface area (Å²) in [4.78, 5) is 34.9. The van der Waals surface area contributed by atoms with Gasteiger partial charge in [0.05, 0.1) is 24.2 Å². The Morgan fingerprint density at radius 1 is 1.11 bits per heavy atom. The number of ether oxygens (including phenoxy) is 3. The SMILES string of the molecule is COc1ccc(NC(=O)[C@H](C)OC(=O)c2cc([N+](=O)[O-])ccc2OC)cc1Cl. The van der Waals surface area contributed by atoms with E-state index in [1.165, 1.54) is 39.3 Å². The van der Waals surface area contributed by atoms with Gasteiger partial charge in [-0.2, -0.15) is 0 Å². The molecule has 0 fully saturated rings. The van der Waals surface area contributed by atoms with Gasteiger partial charge in [0.15, 0.2) is 6.10 Å². The van der Waals surface area contributed by atoms with Crippen molar-refractivity contribution in [3.05, 3.63) is 57.1 Å². The largest absolute Gasteiger partial charge is 0.496 e. The molecule has 0 unspecified atom stereocenters. The first-order chi connectivity index (χ1) is 13.3. The molecule has 2 rings (SSSR count). The number of rotatable bonds is 7. The number of carbonyl (C=O) groups is 2. The zero-order chi connectivity index (χ0) is 20.8. The second-order valence-corrected chi connectivity index (χ2v) is 5.94. The van der Waals surface area contributed by atoms with Crippen LogP contribution in [0.5, 0.6) is 11.5 Å². The number of hydrogen-bond donors (Lipinski definition) is 1. The molecule has 0 spiro atoms. The molecule has 0 saturated carbocycles. The number of nitro groups is 1. The highest BCUT2D eigenvalue weighted by Gasteiger charge is 2.24. The van der Waals surface area contributed by atoms with Crippen molar-refractivity contribution in [2.24, 2.45) is 0 Å². The summed E-state index contributed by atoms with van der Waals surface area (Å²) in [5.74, 6) is -1.02. The van der Waals surface area contributed by atoms with Gasteiger partial charge < -0.3 is 19.5 Å². The van der Waals surface area contributed by atoms with E-state index in [0.717, 1.165) is 6.07 Å². The van der Waals surface area contributed by atoms with Gasteiger partial charge in [-0.3, -0.25) is 14.9 Å². The Bertz CT molecular complexity index is 917. The molecule has 1 atom stereocenters. The maximum absolute atomic E-state index is 12.4. The molecule has 2 aromatic carbocycles. The van der Waals surface area contributed by atoms with Crippen LogP contribution >= 0.6 is 11.6 Å². The van der Waals surface area contributed by atoms with Crippen molar-refractivity contribution in [2.45, 2.75) is 13.0 Å². The van der Waals surface area contributed by atoms with Crippen LogP contribution in [0.4, 0.5) is 11.4 Å². The second kappa shape index (κ2) is 9.05. The minimum atomic E-state index is -1.18. The van der Waals surface area contributed by atoms with E-state index in [4.69, 9.17) is 25.8 Å². The molecule has 0 aliphatic rings. The summed E-state index contributed by atoms with van der Waals surface area (Å²) in [6.45, 7) is 1.36. The van der Waals surface area contributed by atoms with Gasteiger partial charge in [0.2, 0.25) is 0 Å². The van der Waals surface area contributed by atoms with Gasteiger partial charge in [-0.1, -0.05) is 11.6 Å². The Labute approximate surface area is 165 Å². The van der Waals surface area contributed by atoms with E-state index in [1.807, 2.05) is 0 Å². The average Bonchev–Trinajstić information content (AvgIpc) is 2.67. The lowest BCUT2D eigenvalue weighted by molar-refractivity contribution is -0.384. The van der Waals surface area contributed by atoms with Crippen LogP contribution in [-0.2, 0) is 9.53 Å². The maximum Gasteiger partial charge on any atom is 0.342 e. The van der Waals surface area contributed by atoms with Crippen LogP contribution in [0, 0.1) is 10.1 Å². The normalized spacial score (nSPS) is 11.3. The average molecular weight is 409 g/mol. The van der Waals surface area contributed by atoms with E-state index in [2.05, 4.69) is 5.32 Å². The number of nitrogens with zero attached hydrogens (tertiary/aromatic N) is 1. The molecule has 148 valence electrons. The molecule has 0 saturated heterocycles. The van der Waals surface area contributed by atoms with Gasteiger partial charge in [-0.25, -0.2) is 4.79 Å². The van der Waals surface area contributed by atoms with Gasteiger partial charge in [-0.15, -0.1) is 0 Å². The minimum absolute atomic E-state index is 0.0881. The molecule has 1 N–H and O–H groups in total. The summed E-state index contributed by atoms with van der Waals surface area (Å²) in [5.41, 5.74) is -0.0896. The van der Waals surface area contributed by atoms with Crippen LogP contribution in [0.2, 0.25) is 5.02 Å². The van der Waals surface area contributed by atoms with Crippen molar-refractivity contribution in [1.29, 1.82) is 0 Å². The van der Waals surface area contributed by atoms with Gasteiger partial charge in [-0.05, 0) is 31.2 Å². The third-order valence-electron chi connectivity index (χ3n) is 3.69. The highest BCUT2D eigenvalue weighted by Crippen LogP contribution is 2.28. The first-order valence-electron chi connectivity index (χ1n) is 7.94. The predicted molar refractivity (Wildman–Crippen MR) is 101 cm³/mol. The monoisotopic (exact) mass is 408 g/mol. The van der Waals surface area contributed by atoms with Crippen molar-refractivity contribution < 1.29 is 28.7 Å². The summed E-state index contributed by atoms with van der Waals surface area (Å²) in [7, 11) is 2.77. The predicted octanol–water partition coefficient (Wildman–Crippen LogP) is 3.45. The number of nitrogens with one attached hydrogen (secondary N) is 1. The van der Waals surface area contributed by atoms with Crippen LogP contribution in [0.15, 0.2) is 36.4 Å². The van der Waals surface area contributed by atoms with E-state index in [9.17, 15) is 19.7 Å². The van der Waals surface area contributed by atoms with Crippen LogP contribution in [-0.4, -0.2) is 37.1 Å². The maximum atomic E-state index is 12.4. The topological polar surface area (TPSA) is 117 Å². The Morgan fingerprint density at radius 2 is 1.75 bits per heavy atom. The summed E-state index contributed by atoms with van der Waals surface area (Å²) >= 11 is 6.00. The standard InChI is InChI=1S/C18H17ClN2O7/c1-10(17(22)20-11-4-6-16(27-3)14(19)8-11)28-18(23)13-9-12(21(24)25)5-7-15(13)26-2/h4-10H,1-3H3,(H,20,22)/t10-/m0/s1. The molecule has 2 aromatic rings. The number of hydrogen-bond acceptors (Lipinski definition) is 7. The van der Waals surface area contributed by atoms with Crippen molar-refractivity contribution in [1.82, 2.24) is 0 Å². The smallest absolute Gasteiger partial charge is 0.342 e. The Kier molecular flexibility index (Phi) is 6.78. The van der Waals surface area contributed by atoms with E-state index < -0.39 is 22.9 Å². The molecule has 0 radical (unpaired) electrons. The summed E-state index contributed by atoms with van der Waals surface area (Å²) in [6.07, 6.45) is -1.18. The lowest BCUT2D eigenvalue weighted by Gasteiger charge is -2.15. The molecule has 0 heterocycles. The Balaban J connectivity index is 2.11. The van der Waals surface area contributed by atoms with Crippen molar-refractivity contribution in [3.8, 4) is 11.5 Å². The fourth-order valence-corrected chi connectivity index (χ4v) is 2.49. The molecular formula is C18H17ClN2O7. The van der Waals surface area contributed by atoms with Crippen molar-refractivity contribution >= 4 is 34.9 Å². The number of non-ortho nitro benzene ring substituents is 1. The first kappa shape index (κ1) is 21.0. The summed E-state index contributed by atoms with van der Waals surface area (Å²) in [6, 6.07) is 8.12. The third-order valence-corrected chi connectivity index (χ3v) is 3.98. The van der Waals surface area contributed by atoms with E-state index in [0.29, 0.717) is 16.5 Å². The lowest BCUT2D eigenvalue weighted by atomic mass is 10.1. The molecule has 1 amide bonds. The fraction of sp³-hybridized carbons (Fsp3) is 0.222. The van der Waals surface area contributed by atoms with E-state index >= 15 is 0 Å². The summed E-state index contributed by atoms with van der Waals surface area (Å²) < 4.78 is 15.2. The number of anilines is 1. The number of halogens is 1. The third kappa shape index (κ3) is 4.89. The number of methoxy groups -OCH3 is 2. The number of nitro benzene ring substituents is 1. The number of amides is 1. The van der Waals surface area contributed by atoms with Gasteiger partial charge in [0.1, 0.15) is 17.1 Å². The van der Waals surface area contributed by atoms with Crippen LogP contribution in [0.3, 0.4) is 0 Å². The van der Waals surface area contributed by atoms with Gasteiger partial charge >= 0.3 is 5.97 Å². The minimum Gasteiger partial charge on any atom is -0.496 e. The van der Waals surface area contributed by atoms with E-state index in [1.54, 1.807) is 12.1 Å². The highest BCUT2D eigenvalue weighted by atomic mass is 35.5. The summed E-state index contributed by atoms with van der Waals surface area (Å²) in [5, 5.41) is 13.8. The molecule has 0 bridgehead atoms. The van der Waals surface area contributed by atoms with Gasteiger partial charge in [0.25, 0.3) is 11.6 Å². The molecule has 0 aromatic heterocycles. The van der Waals surface area contributed by atoms with Crippen molar-refractivity contribution in [3.63, 3.8) is 0 Å². The molecule has 0 aliphatic carbocycles. The molecule has 0 aliphatic heterocycles. The van der Waals surface area contributed by atoms with Crippen molar-refractivity contribution in [2.75, 3.05) is 19.5 Å². The molecule has 9 nitrogen and oxygen atoms in total. The molecular weight excluding hydrogens is 392 g/mol. The quantitative estimate of drug-likeness (QED) is 0.423. The second-order valence-electron chi connectivity index (χ2n) is 5.53. The zero-order valence-electron chi connectivity index (χ0n) is 15.2. The lowest BCUT2D eigenvalue weighted by Crippen LogP contribution is -2.30. The van der Waals surface area contributed by atoms with Crippen LogP contribution in [0.25, 0.3) is 0 Å². The van der Waals surface area contributed by atoms with Gasteiger partial charge in [0, 0.05) is 17.8 Å². The first-order valence-corrected chi connectivity index (χ1v) is 8.32. The van der Waals surface area contributed by atoms with E-state index in [-0.39, 0.29) is 17.0 Å². The highest BCUT2D eigenvalue weighted by molar-refractivity contribution is 6.32.